The van der Waals surface area contributed by atoms with Crippen LogP contribution < -0.4 is 10.5 Å². The van der Waals surface area contributed by atoms with E-state index in [2.05, 4.69) is 0 Å². The Balaban J connectivity index is 2.08. The Labute approximate surface area is 139 Å². The molecule has 1 amide bonds. The number of carbonyl (C=O) groups is 1. The number of rotatable bonds is 7. The van der Waals surface area contributed by atoms with Gasteiger partial charge in [-0.05, 0) is 37.6 Å². The summed E-state index contributed by atoms with van der Waals surface area (Å²) in [4.78, 5) is 11.2. The Bertz CT molecular complexity index is 713. The van der Waals surface area contributed by atoms with E-state index in [4.69, 9.17) is 10.5 Å². The minimum Gasteiger partial charge on any atom is -0.491 e. The van der Waals surface area contributed by atoms with E-state index in [1.807, 2.05) is 44.2 Å². The zero-order valence-electron chi connectivity index (χ0n) is 13.3. The van der Waals surface area contributed by atoms with Crippen molar-refractivity contribution in [3.8, 4) is 5.75 Å². The summed E-state index contributed by atoms with van der Waals surface area (Å²) in [6.45, 7) is 3.92. The average Bonchev–Trinajstić information content (AvgIpc) is 2.49. The van der Waals surface area contributed by atoms with Gasteiger partial charge >= 0.3 is 0 Å². The topological polar surface area (TPSA) is 69.4 Å². The van der Waals surface area contributed by atoms with Crippen LogP contribution in [0.2, 0.25) is 0 Å². The molecule has 0 aliphatic carbocycles. The van der Waals surface area contributed by atoms with Crippen LogP contribution in [0.4, 0.5) is 0 Å². The molecule has 2 aromatic carbocycles. The van der Waals surface area contributed by atoms with E-state index in [9.17, 15) is 9.00 Å². The molecule has 2 aromatic rings. The lowest BCUT2D eigenvalue weighted by molar-refractivity contribution is 0.1000. The van der Waals surface area contributed by atoms with Gasteiger partial charge in [0.2, 0.25) is 5.91 Å². The van der Waals surface area contributed by atoms with Crippen LogP contribution in [0.15, 0.2) is 48.5 Å². The molecule has 0 aromatic heterocycles. The summed E-state index contributed by atoms with van der Waals surface area (Å²) in [5, 5.41) is 0. The minimum absolute atomic E-state index is 0.0665. The quantitative estimate of drug-likeness (QED) is 0.848. The van der Waals surface area contributed by atoms with Crippen LogP contribution >= 0.6 is 0 Å². The number of primary amides is 1. The van der Waals surface area contributed by atoms with Gasteiger partial charge in [0, 0.05) is 27.7 Å². The Hall–Kier alpha value is -2.14. The Morgan fingerprint density at radius 1 is 1.13 bits per heavy atom. The number of hydrogen-bond acceptors (Lipinski definition) is 3. The van der Waals surface area contributed by atoms with E-state index < -0.39 is 16.7 Å². The van der Waals surface area contributed by atoms with E-state index in [1.165, 1.54) is 0 Å². The first kappa shape index (κ1) is 17.2. The van der Waals surface area contributed by atoms with Crippen molar-refractivity contribution in [2.24, 2.45) is 5.73 Å². The van der Waals surface area contributed by atoms with E-state index >= 15 is 0 Å². The highest BCUT2D eigenvalue weighted by molar-refractivity contribution is 7.83. The fourth-order valence-corrected chi connectivity index (χ4v) is 3.46. The molecule has 0 aliphatic rings. The molecular weight excluding hydrogens is 310 g/mol. The van der Waals surface area contributed by atoms with Crippen LogP contribution in [0, 0.1) is 0 Å². The number of amides is 1. The second kappa shape index (κ2) is 7.92. The van der Waals surface area contributed by atoms with Gasteiger partial charge in [-0.1, -0.05) is 30.3 Å². The summed E-state index contributed by atoms with van der Waals surface area (Å²) in [5.74, 6) is 1.07. The van der Waals surface area contributed by atoms with Crippen molar-refractivity contribution >= 4 is 16.7 Å². The molecule has 0 spiro atoms. The predicted molar refractivity (Wildman–Crippen MR) is 92.7 cm³/mol. The lowest BCUT2D eigenvalue weighted by Gasteiger charge is -2.14. The predicted octanol–water partition coefficient (Wildman–Crippen LogP) is 3.02. The summed E-state index contributed by atoms with van der Waals surface area (Å²) in [5.41, 5.74) is 7.46. The van der Waals surface area contributed by atoms with Gasteiger partial charge in [0.1, 0.15) is 5.75 Å². The normalized spacial score (nSPS) is 12.1. The maximum absolute atomic E-state index is 12.4. The smallest absolute Gasteiger partial charge is 0.248 e. The van der Waals surface area contributed by atoms with Gasteiger partial charge in [-0.25, -0.2) is 0 Å². The Morgan fingerprint density at radius 2 is 1.87 bits per heavy atom. The largest absolute Gasteiger partial charge is 0.491 e. The van der Waals surface area contributed by atoms with Crippen LogP contribution in [-0.4, -0.2) is 16.2 Å². The number of hydrogen-bond donors (Lipinski definition) is 1. The lowest BCUT2D eigenvalue weighted by Crippen LogP contribution is -2.11. The van der Waals surface area contributed by atoms with Crippen molar-refractivity contribution in [1.82, 2.24) is 0 Å². The summed E-state index contributed by atoms with van der Waals surface area (Å²) in [7, 11) is -1.10. The molecule has 122 valence electrons. The third-order valence-electron chi connectivity index (χ3n) is 3.19. The number of ether oxygens (including phenoxy) is 1. The molecule has 0 saturated heterocycles. The van der Waals surface area contributed by atoms with Crippen LogP contribution in [-0.2, 0) is 22.3 Å². The maximum Gasteiger partial charge on any atom is 0.248 e. The maximum atomic E-state index is 12.4. The number of para-hydroxylation sites is 1. The second-order valence-electron chi connectivity index (χ2n) is 5.57. The molecule has 2 N–H and O–H groups in total. The van der Waals surface area contributed by atoms with Crippen LogP contribution in [0.25, 0.3) is 0 Å². The van der Waals surface area contributed by atoms with Gasteiger partial charge in [-0.3, -0.25) is 9.00 Å². The molecule has 0 radical (unpaired) electrons. The molecule has 0 fully saturated rings. The van der Waals surface area contributed by atoms with Crippen molar-refractivity contribution in [3.05, 3.63) is 65.2 Å². The van der Waals surface area contributed by atoms with Gasteiger partial charge in [0.05, 0.1) is 11.9 Å². The third kappa shape index (κ3) is 5.21. The molecule has 2 rings (SSSR count). The average molecular weight is 331 g/mol. The first-order chi connectivity index (χ1) is 11.0. The minimum atomic E-state index is -1.10. The molecule has 0 bridgehead atoms. The second-order valence-corrected chi connectivity index (χ2v) is 7.02. The van der Waals surface area contributed by atoms with Gasteiger partial charge < -0.3 is 10.5 Å². The monoisotopic (exact) mass is 331 g/mol. The zero-order valence-corrected chi connectivity index (χ0v) is 14.1. The third-order valence-corrected chi connectivity index (χ3v) is 4.48. The Kier molecular flexibility index (Phi) is 5.93. The van der Waals surface area contributed by atoms with Gasteiger partial charge in [-0.15, -0.1) is 0 Å². The summed E-state index contributed by atoms with van der Waals surface area (Å²) in [6.07, 6.45) is 0.0665. The SMILES string of the molecule is CC(C)Oc1ccccc1C[S@](=O)Cc1cccc(C(N)=O)c1. The van der Waals surface area contributed by atoms with Crippen LogP contribution in [0.1, 0.15) is 35.3 Å². The molecule has 4 nitrogen and oxygen atoms in total. The highest BCUT2D eigenvalue weighted by Gasteiger charge is 2.10. The number of benzene rings is 2. The van der Waals surface area contributed by atoms with Gasteiger partial charge in [0.15, 0.2) is 0 Å². The summed E-state index contributed by atoms with van der Waals surface area (Å²) >= 11 is 0. The molecule has 0 heterocycles. The molecular formula is C18H21NO3S. The standard InChI is InChI=1S/C18H21NO3S/c1-13(2)22-17-9-4-3-7-16(17)12-23(21)11-14-6-5-8-15(10-14)18(19)20/h3-10,13H,11-12H2,1-2H3,(H2,19,20)/t23-/m1/s1. The molecule has 5 heteroatoms. The summed E-state index contributed by atoms with van der Waals surface area (Å²) in [6, 6.07) is 14.6. The molecule has 1 atom stereocenters. The lowest BCUT2D eigenvalue weighted by atomic mass is 10.1. The van der Waals surface area contributed by atoms with E-state index in [1.54, 1.807) is 18.2 Å². The zero-order chi connectivity index (χ0) is 16.8. The highest BCUT2D eigenvalue weighted by Crippen LogP contribution is 2.22. The van der Waals surface area contributed by atoms with Crippen molar-refractivity contribution in [2.75, 3.05) is 0 Å². The van der Waals surface area contributed by atoms with E-state index in [0.717, 1.165) is 16.9 Å². The molecule has 23 heavy (non-hydrogen) atoms. The fraction of sp³-hybridized carbons (Fsp3) is 0.278. The van der Waals surface area contributed by atoms with E-state index in [0.29, 0.717) is 17.1 Å². The van der Waals surface area contributed by atoms with Gasteiger partial charge in [-0.2, -0.15) is 0 Å². The van der Waals surface area contributed by atoms with Crippen molar-refractivity contribution < 1.29 is 13.7 Å². The van der Waals surface area contributed by atoms with Gasteiger partial charge in [0.25, 0.3) is 0 Å². The van der Waals surface area contributed by atoms with Crippen molar-refractivity contribution in [1.29, 1.82) is 0 Å². The number of carbonyl (C=O) groups excluding carboxylic acids is 1. The molecule has 0 saturated carbocycles. The van der Waals surface area contributed by atoms with Crippen LogP contribution in [0.3, 0.4) is 0 Å². The number of nitrogens with two attached hydrogens (primary N) is 1. The molecule has 0 aliphatic heterocycles. The Morgan fingerprint density at radius 3 is 2.57 bits per heavy atom. The van der Waals surface area contributed by atoms with Crippen LogP contribution in [0.5, 0.6) is 5.75 Å². The fourth-order valence-electron chi connectivity index (χ4n) is 2.22. The first-order valence-electron chi connectivity index (χ1n) is 7.44. The summed E-state index contributed by atoms with van der Waals surface area (Å²) < 4.78 is 18.2. The van der Waals surface area contributed by atoms with Crippen molar-refractivity contribution in [3.63, 3.8) is 0 Å². The van der Waals surface area contributed by atoms with E-state index in [-0.39, 0.29) is 6.10 Å². The molecule has 0 unspecified atom stereocenters. The highest BCUT2D eigenvalue weighted by atomic mass is 32.2. The first-order valence-corrected chi connectivity index (χ1v) is 8.93. The van der Waals surface area contributed by atoms with Crippen molar-refractivity contribution in [2.45, 2.75) is 31.5 Å².